The van der Waals surface area contributed by atoms with Gasteiger partial charge in [-0.3, -0.25) is 9.59 Å². The van der Waals surface area contributed by atoms with Crippen LogP contribution in [0.15, 0.2) is 18.2 Å². The van der Waals surface area contributed by atoms with E-state index in [2.05, 4.69) is 4.98 Å². The minimum Gasteiger partial charge on any atom is -0.501 e. The molecule has 24 heavy (non-hydrogen) atoms. The van der Waals surface area contributed by atoms with Crippen LogP contribution in [0.2, 0.25) is 0 Å². The molecule has 0 spiro atoms. The molecule has 2 aromatic rings. The van der Waals surface area contributed by atoms with Crippen LogP contribution in [0.4, 0.5) is 0 Å². The van der Waals surface area contributed by atoms with Gasteiger partial charge in [0.15, 0.2) is 5.05 Å². The number of nitrogens with zero attached hydrogens (tertiary/aromatic N) is 1. The summed E-state index contributed by atoms with van der Waals surface area (Å²) in [4.78, 5) is 27.5. The second-order valence-corrected chi connectivity index (χ2v) is 6.91. The first-order valence-electron chi connectivity index (χ1n) is 7.45. The Kier molecular flexibility index (Phi) is 5.19. The van der Waals surface area contributed by atoms with E-state index in [1.54, 1.807) is 32.0 Å². The lowest BCUT2D eigenvalue weighted by Crippen LogP contribution is -2.45. The number of hydrogen-bond donors (Lipinski definition) is 3. The molecule has 2 atom stereocenters. The average molecular weight is 366 g/mol. The van der Waals surface area contributed by atoms with Gasteiger partial charge in [-0.2, -0.15) is 0 Å². The highest BCUT2D eigenvalue weighted by Gasteiger charge is 2.48. The summed E-state index contributed by atoms with van der Waals surface area (Å²) in [7, 11) is 0. The number of aromatic nitrogens is 1. The normalized spacial score (nSPS) is 14.9. The van der Waals surface area contributed by atoms with Crippen LogP contribution in [0.5, 0.6) is 0 Å². The van der Waals surface area contributed by atoms with E-state index in [4.69, 9.17) is 18.0 Å². The van der Waals surface area contributed by atoms with Crippen molar-refractivity contribution in [3.8, 4) is 0 Å². The lowest BCUT2D eigenvalue weighted by Gasteiger charge is -2.33. The molecular weight excluding hydrogens is 348 g/mol. The van der Waals surface area contributed by atoms with Crippen LogP contribution in [0.1, 0.15) is 42.1 Å². The molecule has 0 saturated carbocycles. The zero-order chi connectivity index (χ0) is 18.1. The van der Waals surface area contributed by atoms with Crippen molar-refractivity contribution in [1.29, 1.82) is 0 Å². The van der Waals surface area contributed by atoms with Crippen LogP contribution in [-0.4, -0.2) is 32.1 Å². The third kappa shape index (κ3) is 2.87. The number of hydrogen-bond acceptors (Lipinski definition) is 5. The Hall–Kier alpha value is -2.06. The summed E-state index contributed by atoms with van der Waals surface area (Å²) < 4.78 is 0.768. The van der Waals surface area contributed by atoms with Gasteiger partial charge in [0.05, 0.1) is 16.1 Å². The fourth-order valence-corrected chi connectivity index (χ4v) is 4.65. The third-order valence-electron chi connectivity index (χ3n) is 4.29. The number of aliphatic carboxylic acids is 1. The zero-order valence-electron chi connectivity index (χ0n) is 13.3. The van der Waals surface area contributed by atoms with Gasteiger partial charge in [0.2, 0.25) is 5.91 Å². The van der Waals surface area contributed by atoms with Gasteiger partial charge in [0, 0.05) is 5.56 Å². The summed E-state index contributed by atoms with van der Waals surface area (Å²) in [6, 6.07) is 4.85. The van der Waals surface area contributed by atoms with Crippen molar-refractivity contribution >= 4 is 50.7 Å². The highest BCUT2D eigenvalue weighted by Crippen LogP contribution is 2.42. The van der Waals surface area contributed by atoms with Crippen molar-refractivity contribution in [3.05, 3.63) is 28.8 Å². The Morgan fingerprint density at radius 3 is 2.50 bits per heavy atom. The fourth-order valence-electron chi connectivity index (χ4n) is 2.94. The molecule has 128 valence electrons. The van der Waals surface area contributed by atoms with Gasteiger partial charge in [0.25, 0.3) is 0 Å². The maximum Gasteiger partial charge on any atom is 0.307 e. The van der Waals surface area contributed by atoms with Crippen molar-refractivity contribution in [2.45, 2.75) is 32.1 Å². The minimum atomic E-state index is -1.24. The monoisotopic (exact) mass is 366 g/mol. The number of benzene rings is 1. The fraction of sp³-hybridized carbons (Fsp3) is 0.375. The minimum absolute atomic E-state index is 0.298. The van der Waals surface area contributed by atoms with E-state index in [0.29, 0.717) is 28.9 Å². The molecule has 1 aromatic heterocycles. The molecule has 0 saturated heterocycles. The van der Waals surface area contributed by atoms with Gasteiger partial charge < -0.3 is 15.9 Å². The van der Waals surface area contributed by atoms with Gasteiger partial charge in [-0.15, -0.1) is 11.3 Å². The SMILES string of the molecule is CCC(C(=O)O)C(CC)(C(O)=S)c1nc2cc(C(N)=O)ccc2s1. The number of carboxylic acids is 1. The number of primary amides is 1. The smallest absolute Gasteiger partial charge is 0.307 e. The van der Waals surface area contributed by atoms with Crippen LogP contribution >= 0.6 is 23.6 Å². The number of nitrogens with two attached hydrogens (primary N) is 1. The predicted octanol–water partition coefficient (Wildman–Crippen LogP) is 3.04. The van der Waals surface area contributed by atoms with Crippen molar-refractivity contribution < 1.29 is 19.8 Å². The Morgan fingerprint density at radius 1 is 1.38 bits per heavy atom. The van der Waals surface area contributed by atoms with Crippen LogP contribution in [-0.2, 0) is 10.2 Å². The second kappa shape index (κ2) is 6.82. The van der Waals surface area contributed by atoms with Gasteiger partial charge in [-0.1, -0.05) is 13.8 Å². The molecule has 0 aliphatic heterocycles. The van der Waals surface area contributed by atoms with E-state index in [9.17, 15) is 19.8 Å². The molecule has 0 fully saturated rings. The van der Waals surface area contributed by atoms with E-state index in [1.165, 1.54) is 11.3 Å². The second-order valence-electron chi connectivity index (χ2n) is 5.49. The molecule has 8 heteroatoms. The lowest BCUT2D eigenvalue weighted by atomic mass is 9.72. The molecule has 2 rings (SSSR count). The van der Waals surface area contributed by atoms with Gasteiger partial charge >= 0.3 is 5.97 Å². The van der Waals surface area contributed by atoms with E-state index in [0.717, 1.165) is 4.70 Å². The molecule has 1 heterocycles. The summed E-state index contributed by atoms with van der Waals surface area (Å²) >= 11 is 6.29. The topological polar surface area (TPSA) is 114 Å². The molecule has 0 aliphatic rings. The number of amides is 1. The highest BCUT2D eigenvalue weighted by molar-refractivity contribution is 7.80. The van der Waals surface area contributed by atoms with Crippen molar-refractivity contribution in [1.82, 2.24) is 4.98 Å². The van der Waals surface area contributed by atoms with Crippen LogP contribution in [0.3, 0.4) is 0 Å². The molecule has 1 amide bonds. The molecule has 0 bridgehead atoms. The lowest BCUT2D eigenvalue weighted by molar-refractivity contribution is -0.143. The number of thiocarbonyl (C=S) groups is 1. The molecule has 6 nitrogen and oxygen atoms in total. The van der Waals surface area contributed by atoms with Crippen LogP contribution in [0, 0.1) is 5.92 Å². The molecule has 0 radical (unpaired) electrons. The molecule has 1 aromatic carbocycles. The Labute approximate surface area is 148 Å². The molecule has 0 aliphatic carbocycles. The number of thiazole rings is 1. The standard InChI is InChI=1S/C16H18N2O4S2/c1-3-9(13(20)21)16(4-2,15(22)23)14-18-10-7-8(12(17)19)5-6-11(10)24-14/h5-7,9H,3-4H2,1-2H3,(H2,17,19)(H,20,21)(H,22,23). The molecule has 4 N–H and O–H groups in total. The largest absolute Gasteiger partial charge is 0.501 e. The van der Waals surface area contributed by atoms with Gasteiger partial charge in [0.1, 0.15) is 10.4 Å². The van der Waals surface area contributed by atoms with Crippen LogP contribution in [0.25, 0.3) is 10.2 Å². The van der Waals surface area contributed by atoms with E-state index < -0.39 is 23.2 Å². The Bertz CT molecular complexity index is 818. The van der Waals surface area contributed by atoms with Crippen molar-refractivity contribution in [2.75, 3.05) is 0 Å². The van der Waals surface area contributed by atoms with Crippen molar-refractivity contribution in [3.63, 3.8) is 0 Å². The van der Waals surface area contributed by atoms with E-state index in [1.807, 2.05) is 0 Å². The third-order valence-corrected chi connectivity index (χ3v) is 5.87. The number of carboxylic acid groups (broad SMARTS) is 1. The van der Waals surface area contributed by atoms with E-state index >= 15 is 0 Å². The summed E-state index contributed by atoms with van der Waals surface area (Å²) in [6.45, 7) is 3.51. The van der Waals surface area contributed by atoms with Gasteiger partial charge in [-0.05, 0) is 43.3 Å². The molecular formula is C16H18N2O4S2. The highest BCUT2D eigenvalue weighted by atomic mass is 32.1. The summed E-state index contributed by atoms with van der Waals surface area (Å²) in [6.07, 6.45) is 0.599. The number of fused-ring (bicyclic) bond motifs is 1. The number of aliphatic hydroxyl groups is 1. The van der Waals surface area contributed by atoms with Gasteiger partial charge in [-0.25, -0.2) is 4.98 Å². The number of aliphatic hydroxyl groups excluding tert-OH is 1. The molecule has 2 unspecified atom stereocenters. The van der Waals surface area contributed by atoms with Crippen LogP contribution < -0.4 is 5.73 Å². The summed E-state index contributed by atoms with van der Waals surface area (Å²) in [5, 5.41) is 19.8. The predicted molar refractivity (Wildman–Crippen MR) is 96.8 cm³/mol. The maximum atomic E-state index is 11.7. The average Bonchev–Trinajstić information content (AvgIpc) is 2.94. The zero-order valence-corrected chi connectivity index (χ0v) is 14.9. The quantitative estimate of drug-likeness (QED) is 0.649. The summed E-state index contributed by atoms with van der Waals surface area (Å²) in [5.74, 6) is -2.49. The first-order valence-corrected chi connectivity index (χ1v) is 8.67. The first-order chi connectivity index (χ1) is 11.3. The Balaban J connectivity index is 2.70. The van der Waals surface area contributed by atoms with Crippen molar-refractivity contribution in [2.24, 2.45) is 11.7 Å². The number of carbonyl (C=O) groups excluding carboxylic acids is 1. The number of carbonyl (C=O) groups is 2. The maximum absolute atomic E-state index is 11.7. The van der Waals surface area contributed by atoms with E-state index in [-0.39, 0.29) is 5.05 Å². The Morgan fingerprint density at radius 2 is 2.04 bits per heavy atom. The number of rotatable bonds is 7. The first kappa shape index (κ1) is 18.3. The summed E-state index contributed by atoms with van der Waals surface area (Å²) in [5.41, 5.74) is 4.88.